The second-order valence-electron chi connectivity index (χ2n) is 4.17. The molecule has 20 heavy (non-hydrogen) atoms. The van der Waals surface area contributed by atoms with Crippen molar-refractivity contribution in [1.29, 1.82) is 0 Å². The molecule has 100 valence electrons. The van der Waals surface area contributed by atoms with E-state index in [-0.39, 0.29) is 5.56 Å². The topological polar surface area (TPSA) is 60.9 Å². The average Bonchev–Trinajstić information content (AvgIpc) is 3.10. The Bertz CT molecular complexity index is 800. The van der Waals surface area contributed by atoms with Crippen molar-refractivity contribution in [3.05, 3.63) is 57.0 Å². The van der Waals surface area contributed by atoms with Gasteiger partial charge in [0.2, 0.25) is 11.4 Å². The van der Waals surface area contributed by atoms with Crippen LogP contribution in [0.4, 0.5) is 0 Å². The molecule has 3 aromatic rings. The van der Waals surface area contributed by atoms with Crippen molar-refractivity contribution in [2.45, 2.75) is 0 Å². The maximum atomic E-state index is 11.3. The fraction of sp³-hybridized carbons (Fsp3) is 0.0714. The molecule has 0 atom stereocenters. The van der Waals surface area contributed by atoms with Gasteiger partial charge in [-0.05, 0) is 23.6 Å². The van der Waals surface area contributed by atoms with E-state index >= 15 is 0 Å². The van der Waals surface area contributed by atoms with Crippen LogP contribution in [-0.2, 0) is 7.05 Å². The molecule has 0 spiro atoms. The van der Waals surface area contributed by atoms with Crippen molar-refractivity contribution >= 4 is 23.5 Å². The largest absolute Gasteiger partial charge is 0.334 e. The normalized spacial score (nSPS) is 11.2. The summed E-state index contributed by atoms with van der Waals surface area (Å²) in [5, 5.41) is 5.91. The van der Waals surface area contributed by atoms with Gasteiger partial charge in [0, 0.05) is 35.8 Å². The Hall–Kier alpha value is -2.47. The van der Waals surface area contributed by atoms with E-state index in [1.54, 1.807) is 36.7 Å². The van der Waals surface area contributed by atoms with E-state index in [9.17, 15) is 4.79 Å². The van der Waals surface area contributed by atoms with Crippen molar-refractivity contribution in [2.75, 3.05) is 0 Å². The highest BCUT2D eigenvalue weighted by molar-refractivity contribution is 7.10. The minimum Gasteiger partial charge on any atom is -0.334 e. The van der Waals surface area contributed by atoms with Crippen molar-refractivity contribution in [3.63, 3.8) is 0 Å². The van der Waals surface area contributed by atoms with Gasteiger partial charge >= 0.3 is 0 Å². The third kappa shape index (κ3) is 2.60. The number of nitrogens with zero attached hydrogens (tertiary/aromatic N) is 3. The monoisotopic (exact) mass is 285 g/mol. The molecule has 3 rings (SSSR count). The number of rotatable bonds is 3. The summed E-state index contributed by atoms with van der Waals surface area (Å²) in [7, 11) is 1.68. The van der Waals surface area contributed by atoms with Crippen molar-refractivity contribution in [1.82, 2.24) is 14.7 Å². The Morgan fingerprint density at radius 1 is 1.30 bits per heavy atom. The standard InChI is InChI=1S/C14H11N3O2S/c1-17-9-10(4-7-13(17)18)14-15-12(19-16-14)6-5-11-3-2-8-20-11/h2-9H,1H3/b6-5+. The Morgan fingerprint density at radius 3 is 2.95 bits per heavy atom. The first-order valence-corrected chi connectivity index (χ1v) is 6.83. The van der Waals surface area contributed by atoms with E-state index in [0.717, 1.165) is 10.4 Å². The molecule has 0 radical (unpaired) electrons. The molecule has 0 saturated carbocycles. The van der Waals surface area contributed by atoms with Gasteiger partial charge in [-0.1, -0.05) is 11.2 Å². The van der Waals surface area contributed by atoms with E-state index in [4.69, 9.17) is 4.52 Å². The lowest BCUT2D eigenvalue weighted by molar-refractivity contribution is 0.411. The van der Waals surface area contributed by atoms with Gasteiger partial charge < -0.3 is 9.09 Å². The van der Waals surface area contributed by atoms with Crippen LogP contribution in [0, 0.1) is 0 Å². The molecule has 0 aliphatic carbocycles. The highest BCUT2D eigenvalue weighted by atomic mass is 32.1. The summed E-state index contributed by atoms with van der Waals surface area (Å²) in [5.74, 6) is 0.897. The fourth-order valence-corrected chi connectivity index (χ4v) is 2.30. The number of hydrogen-bond donors (Lipinski definition) is 0. The van der Waals surface area contributed by atoms with Crippen LogP contribution >= 0.6 is 11.3 Å². The number of aromatic nitrogens is 3. The number of thiophene rings is 1. The summed E-state index contributed by atoms with van der Waals surface area (Å²) in [4.78, 5) is 16.7. The Balaban J connectivity index is 1.86. The predicted octanol–water partition coefficient (Wildman–Crippen LogP) is 2.67. The highest BCUT2D eigenvalue weighted by Gasteiger charge is 2.07. The molecular weight excluding hydrogens is 274 g/mol. The molecule has 0 fully saturated rings. The zero-order chi connectivity index (χ0) is 13.9. The molecule has 0 aromatic carbocycles. The molecule has 0 aliphatic heterocycles. The second-order valence-corrected chi connectivity index (χ2v) is 5.15. The first kappa shape index (κ1) is 12.6. The van der Waals surface area contributed by atoms with Gasteiger partial charge in [0.1, 0.15) is 0 Å². The van der Waals surface area contributed by atoms with Gasteiger partial charge in [0.25, 0.3) is 5.89 Å². The quantitative estimate of drug-likeness (QED) is 0.742. The zero-order valence-electron chi connectivity index (χ0n) is 10.7. The minimum atomic E-state index is -0.0740. The lowest BCUT2D eigenvalue weighted by atomic mass is 10.3. The smallest absolute Gasteiger partial charge is 0.250 e. The first-order chi connectivity index (χ1) is 9.72. The Morgan fingerprint density at radius 2 is 2.20 bits per heavy atom. The summed E-state index contributed by atoms with van der Waals surface area (Å²) in [6, 6.07) is 7.15. The molecule has 0 N–H and O–H groups in total. The molecule has 5 nitrogen and oxygen atoms in total. The first-order valence-electron chi connectivity index (χ1n) is 5.95. The molecule has 0 unspecified atom stereocenters. The Kier molecular flexibility index (Phi) is 3.30. The van der Waals surface area contributed by atoms with E-state index in [2.05, 4.69) is 10.1 Å². The van der Waals surface area contributed by atoms with Crippen molar-refractivity contribution in [2.24, 2.45) is 7.05 Å². The van der Waals surface area contributed by atoms with Gasteiger partial charge in [-0.2, -0.15) is 4.98 Å². The number of hydrogen-bond acceptors (Lipinski definition) is 5. The van der Waals surface area contributed by atoms with Gasteiger partial charge in [0.05, 0.1) is 0 Å². The third-order valence-electron chi connectivity index (χ3n) is 2.72. The van der Waals surface area contributed by atoms with Crippen LogP contribution in [0.3, 0.4) is 0 Å². The molecule has 0 saturated heterocycles. The van der Waals surface area contributed by atoms with E-state index in [1.807, 2.05) is 23.6 Å². The maximum Gasteiger partial charge on any atom is 0.250 e. The Labute approximate surface area is 118 Å². The van der Waals surface area contributed by atoms with Crippen LogP contribution < -0.4 is 5.56 Å². The fourth-order valence-electron chi connectivity index (χ4n) is 1.69. The van der Waals surface area contributed by atoms with Crippen LogP contribution in [0.25, 0.3) is 23.5 Å². The van der Waals surface area contributed by atoms with E-state index < -0.39 is 0 Å². The van der Waals surface area contributed by atoms with Crippen LogP contribution in [0.2, 0.25) is 0 Å². The SMILES string of the molecule is Cn1cc(-c2noc(/C=C/c3cccs3)n2)ccc1=O. The number of aryl methyl sites for hydroxylation is 1. The van der Waals surface area contributed by atoms with Gasteiger partial charge in [-0.15, -0.1) is 11.3 Å². The average molecular weight is 285 g/mol. The van der Waals surface area contributed by atoms with Crippen molar-refractivity contribution < 1.29 is 4.52 Å². The lowest BCUT2D eigenvalue weighted by Crippen LogP contribution is -2.14. The molecule has 3 heterocycles. The van der Waals surface area contributed by atoms with Crippen LogP contribution in [-0.4, -0.2) is 14.7 Å². The van der Waals surface area contributed by atoms with E-state index in [1.165, 1.54) is 10.6 Å². The molecular formula is C14H11N3O2S. The lowest BCUT2D eigenvalue weighted by Gasteiger charge is -1.97. The van der Waals surface area contributed by atoms with E-state index in [0.29, 0.717) is 11.7 Å². The molecule has 0 aliphatic rings. The third-order valence-corrected chi connectivity index (χ3v) is 3.56. The molecule has 3 aromatic heterocycles. The summed E-state index contributed by atoms with van der Waals surface area (Å²) in [5.41, 5.74) is 0.668. The van der Waals surface area contributed by atoms with Gasteiger partial charge in [-0.3, -0.25) is 4.79 Å². The van der Waals surface area contributed by atoms with Crippen LogP contribution in [0.1, 0.15) is 10.8 Å². The van der Waals surface area contributed by atoms with Gasteiger partial charge in [-0.25, -0.2) is 0 Å². The summed E-state index contributed by atoms with van der Waals surface area (Å²) < 4.78 is 6.64. The second kappa shape index (κ2) is 5.26. The molecule has 6 heteroatoms. The minimum absolute atomic E-state index is 0.0740. The zero-order valence-corrected chi connectivity index (χ0v) is 11.5. The maximum absolute atomic E-state index is 11.3. The summed E-state index contributed by atoms with van der Waals surface area (Å²) in [6.07, 6.45) is 5.37. The predicted molar refractivity (Wildman–Crippen MR) is 78.2 cm³/mol. The van der Waals surface area contributed by atoms with Crippen LogP contribution in [0.5, 0.6) is 0 Å². The van der Waals surface area contributed by atoms with Gasteiger partial charge in [0.15, 0.2) is 0 Å². The number of pyridine rings is 1. The summed E-state index contributed by atoms with van der Waals surface area (Å²) in [6.45, 7) is 0. The molecule has 0 amide bonds. The summed E-state index contributed by atoms with van der Waals surface area (Å²) >= 11 is 1.63. The van der Waals surface area contributed by atoms with Crippen LogP contribution in [0.15, 0.2) is 45.2 Å². The van der Waals surface area contributed by atoms with Crippen molar-refractivity contribution in [3.8, 4) is 11.4 Å². The molecule has 0 bridgehead atoms. The highest BCUT2D eigenvalue weighted by Crippen LogP contribution is 2.16.